The summed E-state index contributed by atoms with van der Waals surface area (Å²) in [7, 11) is 0. The maximum atomic E-state index is 10.5. The first-order valence-corrected chi connectivity index (χ1v) is 4.55. The van der Waals surface area contributed by atoms with Crippen molar-refractivity contribution < 1.29 is 9.90 Å². The summed E-state index contributed by atoms with van der Waals surface area (Å²) in [4.78, 5) is 11.8. The van der Waals surface area contributed by atoms with Gasteiger partial charge in [-0.25, -0.2) is 4.90 Å². The number of aldehydes is 1. The van der Waals surface area contributed by atoms with Crippen molar-refractivity contribution in [3.63, 3.8) is 0 Å². The molecule has 0 saturated carbocycles. The first kappa shape index (κ1) is 10.5. The van der Waals surface area contributed by atoms with Crippen molar-refractivity contribution in [2.24, 2.45) is 0 Å². The molecule has 70 valence electrons. The van der Waals surface area contributed by atoms with Crippen LogP contribution in [0.4, 0.5) is 0 Å². The molecule has 0 aromatic carbocycles. The van der Waals surface area contributed by atoms with Crippen LogP contribution >= 0.6 is 34.8 Å². The summed E-state index contributed by atoms with van der Waals surface area (Å²) < 4.78 is -1.61. The normalized spacial score (nSPS) is 32.3. The number of alkyl halides is 3. The van der Waals surface area contributed by atoms with Crippen molar-refractivity contribution in [2.75, 3.05) is 6.54 Å². The molecule has 1 saturated heterocycles. The molecule has 1 aliphatic rings. The summed E-state index contributed by atoms with van der Waals surface area (Å²) in [5, 5.41) is 9.19. The molecule has 0 amide bonds. The molecule has 0 bridgehead atoms. The number of halogens is 3. The zero-order valence-electron chi connectivity index (χ0n) is 6.08. The number of hydrogen-bond donors (Lipinski definition) is 1. The standard InChI is InChI=1S/C6H8Cl3NO2/c7-6(8,9)10-2-5(12)1-4(10)3-11/h3-5,12H,1-2H2/t4-,5+/m0/s1. The van der Waals surface area contributed by atoms with Gasteiger partial charge in [-0.05, 0) is 6.42 Å². The molecule has 1 N–H and O–H groups in total. The van der Waals surface area contributed by atoms with E-state index in [0.717, 1.165) is 0 Å². The average molecular weight is 232 g/mol. The van der Waals surface area contributed by atoms with Gasteiger partial charge in [0.2, 0.25) is 3.92 Å². The largest absolute Gasteiger partial charge is 0.392 e. The lowest BCUT2D eigenvalue weighted by Crippen LogP contribution is -2.40. The second-order valence-electron chi connectivity index (χ2n) is 2.71. The molecular weight excluding hydrogens is 224 g/mol. The highest BCUT2D eigenvalue weighted by molar-refractivity contribution is 6.67. The van der Waals surface area contributed by atoms with E-state index < -0.39 is 16.1 Å². The number of rotatable bonds is 1. The summed E-state index contributed by atoms with van der Waals surface area (Å²) in [5.41, 5.74) is 0. The van der Waals surface area contributed by atoms with Crippen molar-refractivity contribution >= 4 is 41.1 Å². The predicted molar refractivity (Wildman–Crippen MR) is 47.5 cm³/mol. The van der Waals surface area contributed by atoms with E-state index in [4.69, 9.17) is 34.8 Å². The van der Waals surface area contributed by atoms with E-state index in [9.17, 15) is 9.90 Å². The Morgan fingerprint density at radius 3 is 2.42 bits per heavy atom. The number of aliphatic hydroxyl groups excluding tert-OH is 1. The first-order valence-electron chi connectivity index (χ1n) is 3.42. The molecule has 3 nitrogen and oxygen atoms in total. The molecule has 0 aliphatic carbocycles. The van der Waals surface area contributed by atoms with Crippen LogP contribution in [0.25, 0.3) is 0 Å². The van der Waals surface area contributed by atoms with E-state index in [0.29, 0.717) is 12.7 Å². The van der Waals surface area contributed by atoms with Gasteiger partial charge in [0.1, 0.15) is 6.29 Å². The van der Waals surface area contributed by atoms with E-state index in [1.54, 1.807) is 0 Å². The molecule has 0 spiro atoms. The monoisotopic (exact) mass is 231 g/mol. The van der Waals surface area contributed by atoms with E-state index in [1.807, 2.05) is 0 Å². The molecule has 0 aromatic rings. The summed E-state index contributed by atoms with van der Waals surface area (Å²) in [6.07, 6.45) is 0.422. The van der Waals surface area contributed by atoms with Gasteiger partial charge in [0.25, 0.3) is 0 Å². The van der Waals surface area contributed by atoms with Crippen molar-refractivity contribution in [3.05, 3.63) is 0 Å². The zero-order valence-corrected chi connectivity index (χ0v) is 8.35. The average Bonchev–Trinajstić information content (AvgIpc) is 2.29. The lowest BCUT2D eigenvalue weighted by molar-refractivity contribution is -0.111. The molecule has 1 heterocycles. The maximum Gasteiger partial charge on any atom is 0.248 e. The fourth-order valence-corrected chi connectivity index (χ4v) is 1.85. The molecule has 1 aliphatic heterocycles. The van der Waals surface area contributed by atoms with Gasteiger partial charge < -0.3 is 9.90 Å². The smallest absolute Gasteiger partial charge is 0.248 e. The minimum Gasteiger partial charge on any atom is -0.392 e. The minimum atomic E-state index is -1.61. The first-order chi connectivity index (χ1) is 5.45. The van der Waals surface area contributed by atoms with Gasteiger partial charge in [0, 0.05) is 6.54 Å². The van der Waals surface area contributed by atoms with Crippen LogP contribution in [-0.2, 0) is 4.79 Å². The molecule has 2 atom stereocenters. The van der Waals surface area contributed by atoms with Crippen molar-refractivity contribution in [1.29, 1.82) is 0 Å². The highest BCUT2D eigenvalue weighted by atomic mass is 35.6. The molecular formula is C6H8Cl3NO2. The van der Waals surface area contributed by atoms with E-state index in [1.165, 1.54) is 4.90 Å². The Morgan fingerprint density at radius 2 is 2.08 bits per heavy atom. The van der Waals surface area contributed by atoms with E-state index in [-0.39, 0.29) is 6.54 Å². The van der Waals surface area contributed by atoms with E-state index in [2.05, 4.69) is 0 Å². The Hall–Kier alpha value is 0.460. The topological polar surface area (TPSA) is 40.5 Å². The molecule has 1 fully saturated rings. The van der Waals surface area contributed by atoms with Crippen LogP contribution in [0.1, 0.15) is 6.42 Å². The molecule has 0 radical (unpaired) electrons. The van der Waals surface area contributed by atoms with Gasteiger partial charge in [0.15, 0.2) is 0 Å². The number of likely N-dealkylation sites (tertiary alicyclic amines) is 1. The fourth-order valence-electron chi connectivity index (χ4n) is 1.26. The van der Waals surface area contributed by atoms with Gasteiger partial charge >= 0.3 is 0 Å². The number of aliphatic hydroxyl groups is 1. The Kier molecular flexibility index (Phi) is 3.23. The van der Waals surface area contributed by atoms with Crippen LogP contribution in [0.5, 0.6) is 0 Å². The highest BCUT2D eigenvalue weighted by Crippen LogP contribution is 2.36. The molecule has 0 unspecified atom stereocenters. The lowest BCUT2D eigenvalue weighted by Gasteiger charge is -2.27. The maximum absolute atomic E-state index is 10.5. The SMILES string of the molecule is O=C[C@@H]1C[C@@H](O)CN1C(Cl)(Cl)Cl. The second kappa shape index (κ2) is 3.68. The van der Waals surface area contributed by atoms with Gasteiger partial charge in [-0.3, -0.25) is 0 Å². The number of nitrogens with zero attached hydrogens (tertiary/aromatic N) is 1. The van der Waals surface area contributed by atoms with Crippen LogP contribution < -0.4 is 0 Å². The van der Waals surface area contributed by atoms with Gasteiger partial charge in [-0.15, -0.1) is 0 Å². The Morgan fingerprint density at radius 1 is 1.50 bits per heavy atom. The Bertz CT molecular complexity index is 182. The van der Waals surface area contributed by atoms with Crippen LogP contribution in [-0.4, -0.2) is 38.9 Å². The van der Waals surface area contributed by atoms with Crippen molar-refractivity contribution in [1.82, 2.24) is 4.90 Å². The quantitative estimate of drug-likeness (QED) is 0.416. The van der Waals surface area contributed by atoms with Crippen LogP contribution in [0.15, 0.2) is 0 Å². The summed E-state index contributed by atoms with van der Waals surface area (Å²) in [5.74, 6) is 0. The van der Waals surface area contributed by atoms with Crippen LogP contribution in [0.2, 0.25) is 0 Å². The fraction of sp³-hybridized carbons (Fsp3) is 0.833. The summed E-state index contributed by atoms with van der Waals surface area (Å²) in [6.45, 7) is 0.222. The predicted octanol–water partition coefficient (Wildman–Crippen LogP) is 0.948. The van der Waals surface area contributed by atoms with Crippen molar-refractivity contribution in [3.8, 4) is 0 Å². The van der Waals surface area contributed by atoms with Gasteiger partial charge in [0.05, 0.1) is 12.1 Å². The summed E-state index contributed by atoms with van der Waals surface area (Å²) >= 11 is 16.7. The third-order valence-electron chi connectivity index (χ3n) is 1.80. The van der Waals surface area contributed by atoms with Crippen LogP contribution in [0.3, 0.4) is 0 Å². The molecule has 0 aromatic heterocycles. The molecule has 6 heteroatoms. The van der Waals surface area contributed by atoms with Gasteiger partial charge in [-0.2, -0.15) is 0 Å². The minimum absolute atomic E-state index is 0.222. The Balaban J connectivity index is 2.70. The zero-order chi connectivity index (χ0) is 9.35. The highest BCUT2D eigenvalue weighted by Gasteiger charge is 2.41. The number of carbonyl (C=O) groups excluding carboxylic acids is 1. The number of hydrogen-bond acceptors (Lipinski definition) is 3. The third kappa shape index (κ3) is 2.24. The second-order valence-corrected chi connectivity index (χ2v) is 4.93. The van der Waals surface area contributed by atoms with E-state index >= 15 is 0 Å². The van der Waals surface area contributed by atoms with Crippen molar-refractivity contribution in [2.45, 2.75) is 22.5 Å². The number of β-amino-alcohol motifs (C(OH)–C–C–N with tert-alkyl or cyclic N) is 1. The lowest BCUT2D eigenvalue weighted by atomic mass is 10.2. The molecule has 12 heavy (non-hydrogen) atoms. The molecule has 1 rings (SSSR count). The summed E-state index contributed by atoms with van der Waals surface area (Å²) in [6, 6.07) is -0.493. The van der Waals surface area contributed by atoms with Gasteiger partial charge in [-0.1, -0.05) is 34.8 Å². The Labute approximate surface area is 85.2 Å². The number of carbonyl (C=O) groups is 1. The third-order valence-corrected chi connectivity index (χ3v) is 2.46. The van der Waals surface area contributed by atoms with Crippen LogP contribution in [0, 0.1) is 0 Å².